The standard InChI is InChI=1S/C16H13F2N7O2/c1-26-9-2-3-10(12(6-9)27-15(17)18)14-11-7-19-8-25(11)16(24-23-14)21-13-4-5-20-22-13/h2-8,15H,1H3,(H2,20,21,22,24). The average Bonchev–Trinajstić information content (AvgIpc) is 3.33. The molecule has 0 aliphatic rings. The highest BCUT2D eigenvalue weighted by Crippen LogP contribution is 2.35. The van der Waals surface area contributed by atoms with Crippen LogP contribution >= 0.6 is 0 Å². The monoisotopic (exact) mass is 373 g/mol. The molecule has 4 rings (SSSR count). The largest absolute Gasteiger partial charge is 0.497 e. The van der Waals surface area contributed by atoms with Crippen LogP contribution in [0.2, 0.25) is 0 Å². The van der Waals surface area contributed by atoms with Gasteiger partial charge in [0, 0.05) is 17.7 Å². The SMILES string of the molecule is COc1ccc(-c2nnc(Nc3ccn[nH]3)n3cncc23)c(OC(F)F)c1. The van der Waals surface area contributed by atoms with E-state index >= 15 is 0 Å². The lowest BCUT2D eigenvalue weighted by Crippen LogP contribution is -2.07. The summed E-state index contributed by atoms with van der Waals surface area (Å²) in [6.45, 7) is -2.99. The van der Waals surface area contributed by atoms with Crippen LogP contribution in [0.5, 0.6) is 11.5 Å². The zero-order valence-corrected chi connectivity index (χ0v) is 13.9. The van der Waals surface area contributed by atoms with Gasteiger partial charge in [-0.05, 0) is 12.1 Å². The molecular weight excluding hydrogens is 360 g/mol. The number of aromatic nitrogens is 6. The number of imidazole rings is 1. The molecule has 138 valence electrons. The van der Waals surface area contributed by atoms with Crippen LogP contribution < -0.4 is 14.8 Å². The Bertz CT molecular complexity index is 1070. The zero-order valence-electron chi connectivity index (χ0n) is 13.9. The number of H-pyrrole nitrogens is 1. The molecule has 0 unspecified atom stereocenters. The number of ether oxygens (including phenoxy) is 2. The molecule has 0 radical (unpaired) electrons. The van der Waals surface area contributed by atoms with Crippen LogP contribution in [-0.4, -0.2) is 43.5 Å². The third kappa shape index (κ3) is 3.21. The summed E-state index contributed by atoms with van der Waals surface area (Å²) in [5.41, 5.74) is 1.22. The van der Waals surface area contributed by atoms with Crippen molar-refractivity contribution in [3.8, 4) is 22.8 Å². The van der Waals surface area contributed by atoms with Crippen molar-refractivity contribution in [3.63, 3.8) is 0 Å². The molecule has 0 aliphatic carbocycles. The first-order valence-electron chi connectivity index (χ1n) is 7.74. The lowest BCUT2D eigenvalue weighted by atomic mass is 10.1. The molecule has 0 amide bonds. The van der Waals surface area contributed by atoms with E-state index in [1.54, 1.807) is 35.0 Å². The van der Waals surface area contributed by atoms with E-state index in [1.807, 2.05) is 0 Å². The number of methoxy groups -OCH3 is 1. The molecule has 11 heteroatoms. The third-order valence-electron chi connectivity index (χ3n) is 3.76. The first-order chi connectivity index (χ1) is 13.2. The van der Waals surface area contributed by atoms with E-state index in [9.17, 15) is 8.78 Å². The summed E-state index contributed by atoms with van der Waals surface area (Å²) in [5, 5.41) is 17.9. The second kappa shape index (κ2) is 6.86. The first-order valence-corrected chi connectivity index (χ1v) is 7.74. The molecule has 0 fully saturated rings. The number of nitrogens with zero attached hydrogens (tertiary/aromatic N) is 5. The van der Waals surface area contributed by atoms with Gasteiger partial charge in [0.05, 0.1) is 25.0 Å². The van der Waals surface area contributed by atoms with E-state index in [-0.39, 0.29) is 5.75 Å². The smallest absolute Gasteiger partial charge is 0.387 e. The van der Waals surface area contributed by atoms with E-state index in [0.717, 1.165) is 0 Å². The van der Waals surface area contributed by atoms with E-state index in [4.69, 9.17) is 4.74 Å². The van der Waals surface area contributed by atoms with Crippen molar-refractivity contribution in [2.45, 2.75) is 6.61 Å². The molecule has 0 aliphatic heterocycles. The van der Waals surface area contributed by atoms with E-state index < -0.39 is 6.61 Å². The number of hydrogen-bond acceptors (Lipinski definition) is 7. The minimum absolute atomic E-state index is 0.0731. The summed E-state index contributed by atoms with van der Waals surface area (Å²) in [6.07, 6.45) is 4.67. The minimum Gasteiger partial charge on any atom is -0.497 e. The highest BCUT2D eigenvalue weighted by molar-refractivity contribution is 5.81. The van der Waals surface area contributed by atoms with Gasteiger partial charge in [0.25, 0.3) is 0 Å². The maximum Gasteiger partial charge on any atom is 0.387 e. The van der Waals surface area contributed by atoms with Gasteiger partial charge in [0.1, 0.15) is 29.3 Å². The Kier molecular flexibility index (Phi) is 4.24. The summed E-state index contributed by atoms with van der Waals surface area (Å²) in [7, 11) is 1.44. The minimum atomic E-state index is -2.99. The van der Waals surface area contributed by atoms with Gasteiger partial charge in [0.2, 0.25) is 5.95 Å². The fraction of sp³-hybridized carbons (Fsp3) is 0.125. The van der Waals surface area contributed by atoms with Crippen molar-refractivity contribution >= 4 is 17.3 Å². The fourth-order valence-corrected chi connectivity index (χ4v) is 2.58. The maximum absolute atomic E-state index is 12.8. The molecule has 2 N–H and O–H groups in total. The Hall–Kier alpha value is -3.76. The quantitative estimate of drug-likeness (QED) is 0.536. The van der Waals surface area contributed by atoms with Gasteiger partial charge in [0.15, 0.2) is 0 Å². The summed E-state index contributed by atoms with van der Waals surface area (Å²) >= 11 is 0. The van der Waals surface area contributed by atoms with Crippen LogP contribution in [0, 0.1) is 0 Å². The normalized spacial score (nSPS) is 11.1. The van der Waals surface area contributed by atoms with Crippen molar-refractivity contribution in [1.29, 1.82) is 0 Å². The molecule has 0 saturated heterocycles. The lowest BCUT2D eigenvalue weighted by molar-refractivity contribution is -0.0495. The molecule has 9 nitrogen and oxygen atoms in total. The Morgan fingerprint density at radius 3 is 2.85 bits per heavy atom. The summed E-state index contributed by atoms with van der Waals surface area (Å²) in [4.78, 5) is 4.11. The van der Waals surface area contributed by atoms with Crippen molar-refractivity contribution in [2.75, 3.05) is 12.4 Å². The van der Waals surface area contributed by atoms with Crippen LogP contribution in [0.15, 0.2) is 43.0 Å². The van der Waals surface area contributed by atoms with Crippen molar-refractivity contribution in [1.82, 2.24) is 29.8 Å². The number of halogens is 2. The van der Waals surface area contributed by atoms with Gasteiger partial charge in [-0.1, -0.05) is 0 Å². The van der Waals surface area contributed by atoms with Crippen LogP contribution in [0.3, 0.4) is 0 Å². The number of rotatable bonds is 6. The van der Waals surface area contributed by atoms with Crippen LogP contribution in [0.25, 0.3) is 16.8 Å². The predicted octanol–water partition coefficient (Wildman–Crippen LogP) is 2.87. The van der Waals surface area contributed by atoms with Crippen LogP contribution in [0.1, 0.15) is 0 Å². The van der Waals surface area contributed by atoms with Crippen molar-refractivity contribution < 1.29 is 18.3 Å². The second-order valence-electron chi connectivity index (χ2n) is 5.36. The van der Waals surface area contributed by atoms with Crippen molar-refractivity contribution in [2.24, 2.45) is 0 Å². The van der Waals surface area contributed by atoms with Gasteiger partial charge in [-0.2, -0.15) is 13.9 Å². The highest BCUT2D eigenvalue weighted by Gasteiger charge is 2.18. The highest BCUT2D eigenvalue weighted by atomic mass is 19.3. The van der Waals surface area contributed by atoms with E-state index in [1.165, 1.54) is 19.5 Å². The topological polar surface area (TPSA) is 102 Å². The Balaban J connectivity index is 1.82. The molecule has 0 spiro atoms. The average molecular weight is 373 g/mol. The summed E-state index contributed by atoms with van der Waals surface area (Å²) in [6, 6.07) is 6.29. The van der Waals surface area contributed by atoms with Gasteiger partial charge >= 0.3 is 6.61 Å². The molecule has 0 saturated carbocycles. The molecule has 1 aromatic carbocycles. The Morgan fingerprint density at radius 2 is 2.11 bits per heavy atom. The van der Waals surface area contributed by atoms with Crippen LogP contribution in [0.4, 0.5) is 20.5 Å². The molecule has 0 bridgehead atoms. The number of benzene rings is 1. The summed E-state index contributed by atoms with van der Waals surface area (Å²) < 4.78 is 37.1. The molecule has 4 aromatic rings. The lowest BCUT2D eigenvalue weighted by Gasteiger charge is -2.13. The molecule has 27 heavy (non-hydrogen) atoms. The number of alkyl halides is 2. The number of aromatic amines is 1. The van der Waals surface area contributed by atoms with E-state index in [0.29, 0.717) is 34.3 Å². The number of fused-ring (bicyclic) bond motifs is 1. The first kappa shape index (κ1) is 16.7. The van der Waals surface area contributed by atoms with Gasteiger partial charge < -0.3 is 14.8 Å². The predicted molar refractivity (Wildman–Crippen MR) is 91.3 cm³/mol. The fourth-order valence-electron chi connectivity index (χ4n) is 2.58. The molecule has 3 heterocycles. The zero-order chi connectivity index (χ0) is 18.8. The third-order valence-corrected chi connectivity index (χ3v) is 3.76. The van der Waals surface area contributed by atoms with Gasteiger partial charge in [-0.3, -0.25) is 9.50 Å². The number of nitrogens with one attached hydrogen (secondary N) is 2. The summed E-state index contributed by atoms with van der Waals surface area (Å²) in [5.74, 6) is 1.29. The second-order valence-corrected chi connectivity index (χ2v) is 5.36. The van der Waals surface area contributed by atoms with Crippen LogP contribution in [-0.2, 0) is 0 Å². The van der Waals surface area contributed by atoms with Crippen molar-refractivity contribution in [3.05, 3.63) is 43.0 Å². The molecule has 0 atom stereocenters. The molecular formula is C16H13F2N7O2. The van der Waals surface area contributed by atoms with E-state index in [2.05, 4.69) is 35.4 Å². The van der Waals surface area contributed by atoms with Gasteiger partial charge in [-0.15, -0.1) is 10.2 Å². The Morgan fingerprint density at radius 1 is 1.22 bits per heavy atom. The van der Waals surface area contributed by atoms with Gasteiger partial charge in [-0.25, -0.2) is 4.98 Å². The maximum atomic E-state index is 12.8. The number of anilines is 2. The Labute approximate surface area is 151 Å². The number of hydrogen-bond donors (Lipinski definition) is 2. The molecule has 3 aromatic heterocycles.